The fourth-order valence-electron chi connectivity index (χ4n) is 3.12. The van der Waals surface area contributed by atoms with Crippen molar-refractivity contribution in [2.24, 2.45) is 0 Å². The molecule has 4 heteroatoms. The lowest BCUT2D eigenvalue weighted by atomic mass is 10.1. The summed E-state index contributed by atoms with van der Waals surface area (Å²) in [6.45, 7) is 13.3. The molecule has 1 heterocycles. The third kappa shape index (κ3) is 5.26. The molecule has 0 saturated carbocycles. The van der Waals surface area contributed by atoms with Gasteiger partial charge in [0.2, 0.25) is 0 Å². The van der Waals surface area contributed by atoms with E-state index >= 15 is 0 Å². The van der Waals surface area contributed by atoms with Crippen molar-refractivity contribution < 1.29 is 9.47 Å². The first-order valence-electron chi connectivity index (χ1n) is 8.72. The highest BCUT2D eigenvalue weighted by Crippen LogP contribution is 2.28. The predicted molar refractivity (Wildman–Crippen MR) is 95.3 cm³/mol. The van der Waals surface area contributed by atoms with Crippen LogP contribution in [0.4, 0.5) is 0 Å². The van der Waals surface area contributed by atoms with E-state index in [1.54, 1.807) is 6.08 Å². The molecule has 0 amide bonds. The van der Waals surface area contributed by atoms with Crippen molar-refractivity contribution in [3.63, 3.8) is 0 Å². The van der Waals surface area contributed by atoms with Crippen molar-refractivity contribution in [2.75, 3.05) is 32.8 Å². The van der Waals surface area contributed by atoms with E-state index in [4.69, 9.17) is 9.47 Å². The molecule has 0 aliphatic carbocycles. The first-order chi connectivity index (χ1) is 11.3. The maximum Gasteiger partial charge on any atom is 0.161 e. The summed E-state index contributed by atoms with van der Waals surface area (Å²) in [6.07, 6.45) is 4.37. The molecule has 1 N–H and O–H groups in total. The lowest BCUT2D eigenvalue weighted by Crippen LogP contribution is -2.37. The van der Waals surface area contributed by atoms with Crippen molar-refractivity contribution in [1.82, 2.24) is 10.2 Å². The van der Waals surface area contributed by atoms with Gasteiger partial charge in [0.15, 0.2) is 11.5 Å². The van der Waals surface area contributed by atoms with Gasteiger partial charge in [-0.15, -0.1) is 0 Å². The Balaban J connectivity index is 1.89. The Morgan fingerprint density at radius 1 is 1.30 bits per heavy atom. The van der Waals surface area contributed by atoms with Gasteiger partial charge in [0.1, 0.15) is 6.61 Å². The molecule has 0 bridgehead atoms. The first-order valence-corrected chi connectivity index (χ1v) is 8.72. The molecule has 1 saturated heterocycles. The number of nitrogens with zero attached hydrogens (tertiary/aromatic N) is 1. The second-order valence-corrected chi connectivity index (χ2v) is 5.87. The van der Waals surface area contributed by atoms with E-state index in [9.17, 15) is 0 Å². The standard InChI is InChI=1S/C19H30N2O2/c1-4-12-23-18-10-9-16(13-19(18)22-6-3)14-20-15-17-8-7-11-21(17)5-2/h4,9-10,13,17,20H,1,5-8,11-12,14-15H2,2-3H3/t17-/m0/s1. The summed E-state index contributed by atoms with van der Waals surface area (Å²) in [7, 11) is 0. The van der Waals surface area contributed by atoms with Crippen LogP contribution in [-0.2, 0) is 6.54 Å². The van der Waals surface area contributed by atoms with Crippen LogP contribution in [-0.4, -0.2) is 43.8 Å². The molecule has 4 nitrogen and oxygen atoms in total. The van der Waals surface area contributed by atoms with Gasteiger partial charge in [-0.1, -0.05) is 25.6 Å². The van der Waals surface area contributed by atoms with E-state index in [0.717, 1.165) is 31.1 Å². The number of likely N-dealkylation sites (tertiary alicyclic amines) is 1. The quantitative estimate of drug-likeness (QED) is 0.672. The molecule has 0 unspecified atom stereocenters. The smallest absolute Gasteiger partial charge is 0.161 e. The van der Waals surface area contributed by atoms with Crippen molar-refractivity contribution in [2.45, 2.75) is 39.3 Å². The van der Waals surface area contributed by atoms with Gasteiger partial charge in [-0.05, 0) is 50.6 Å². The van der Waals surface area contributed by atoms with E-state index in [0.29, 0.717) is 19.3 Å². The Morgan fingerprint density at radius 3 is 2.91 bits per heavy atom. The van der Waals surface area contributed by atoms with E-state index in [2.05, 4.69) is 35.9 Å². The van der Waals surface area contributed by atoms with Gasteiger partial charge < -0.3 is 14.8 Å². The Hall–Kier alpha value is -1.52. The molecule has 2 rings (SSSR count). The van der Waals surface area contributed by atoms with Crippen LogP contribution in [0.25, 0.3) is 0 Å². The molecule has 1 atom stereocenters. The zero-order valence-corrected chi connectivity index (χ0v) is 14.5. The SMILES string of the molecule is C=CCOc1ccc(CNC[C@@H]2CCCN2CC)cc1OCC. The van der Waals surface area contributed by atoms with Crippen LogP contribution in [0.15, 0.2) is 30.9 Å². The minimum absolute atomic E-state index is 0.492. The minimum Gasteiger partial charge on any atom is -0.490 e. The fraction of sp³-hybridized carbons (Fsp3) is 0.579. The second kappa shape index (κ2) is 9.58. The molecule has 1 aliphatic rings. The van der Waals surface area contributed by atoms with Crippen LogP contribution < -0.4 is 14.8 Å². The third-order valence-corrected chi connectivity index (χ3v) is 4.28. The van der Waals surface area contributed by atoms with Crippen molar-refractivity contribution >= 4 is 0 Å². The van der Waals surface area contributed by atoms with Crippen LogP contribution in [0.1, 0.15) is 32.3 Å². The molecular weight excluding hydrogens is 288 g/mol. The zero-order valence-electron chi connectivity index (χ0n) is 14.5. The topological polar surface area (TPSA) is 33.7 Å². The van der Waals surface area contributed by atoms with Crippen LogP contribution in [0.3, 0.4) is 0 Å². The number of likely N-dealkylation sites (N-methyl/N-ethyl adjacent to an activating group) is 1. The molecule has 0 radical (unpaired) electrons. The highest BCUT2D eigenvalue weighted by atomic mass is 16.5. The molecular formula is C19H30N2O2. The third-order valence-electron chi connectivity index (χ3n) is 4.28. The predicted octanol–water partition coefficient (Wildman–Crippen LogP) is 3.22. The zero-order chi connectivity index (χ0) is 16.5. The van der Waals surface area contributed by atoms with Gasteiger partial charge in [0.05, 0.1) is 6.61 Å². The van der Waals surface area contributed by atoms with Gasteiger partial charge in [-0.25, -0.2) is 0 Å². The van der Waals surface area contributed by atoms with E-state index in [-0.39, 0.29) is 0 Å². The summed E-state index contributed by atoms with van der Waals surface area (Å²) < 4.78 is 11.3. The summed E-state index contributed by atoms with van der Waals surface area (Å²) in [6, 6.07) is 6.84. The van der Waals surface area contributed by atoms with E-state index in [1.807, 2.05) is 13.0 Å². The summed E-state index contributed by atoms with van der Waals surface area (Å²) in [5.74, 6) is 1.59. The van der Waals surface area contributed by atoms with Crippen LogP contribution in [0, 0.1) is 0 Å². The fourth-order valence-corrected chi connectivity index (χ4v) is 3.12. The highest BCUT2D eigenvalue weighted by molar-refractivity contribution is 5.43. The van der Waals surface area contributed by atoms with Crippen LogP contribution >= 0.6 is 0 Å². The average Bonchev–Trinajstić information content (AvgIpc) is 3.02. The summed E-state index contributed by atoms with van der Waals surface area (Å²) in [5.41, 5.74) is 1.22. The average molecular weight is 318 g/mol. The number of hydrogen-bond donors (Lipinski definition) is 1. The molecule has 128 valence electrons. The highest BCUT2D eigenvalue weighted by Gasteiger charge is 2.22. The summed E-state index contributed by atoms with van der Waals surface area (Å²) in [4.78, 5) is 2.56. The van der Waals surface area contributed by atoms with Crippen molar-refractivity contribution in [3.8, 4) is 11.5 Å². The summed E-state index contributed by atoms with van der Waals surface area (Å²) >= 11 is 0. The number of nitrogens with one attached hydrogen (secondary N) is 1. The van der Waals surface area contributed by atoms with Crippen molar-refractivity contribution in [3.05, 3.63) is 36.4 Å². The Kier molecular flexibility index (Phi) is 7.43. The van der Waals surface area contributed by atoms with Crippen LogP contribution in [0.2, 0.25) is 0 Å². The molecule has 1 fully saturated rings. The monoisotopic (exact) mass is 318 g/mol. The molecule has 1 aliphatic heterocycles. The van der Waals surface area contributed by atoms with Crippen LogP contribution in [0.5, 0.6) is 11.5 Å². The minimum atomic E-state index is 0.492. The van der Waals surface area contributed by atoms with Gasteiger partial charge in [-0.3, -0.25) is 4.90 Å². The molecule has 0 aromatic heterocycles. The van der Waals surface area contributed by atoms with Crippen molar-refractivity contribution in [1.29, 1.82) is 0 Å². The van der Waals surface area contributed by atoms with E-state index in [1.165, 1.54) is 24.9 Å². The lowest BCUT2D eigenvalue weighted by Gasteiger charge is -2.23. The number of rotatable bonds is 10. The maximum atomic E-state index is 5.69. The first kappa shape index (κ1) is 17.8. The summed E-state index contributed by atoms with van der Waals surface area (Å²) in [5, 5.41) is 3.59. The Labute approximate surface area is 140 Å². The number of hydrogen-bond acceptors (Lipinski definition) is 4. The molecule has 1 aromatic carbocycles. The lowest BCUT2D eigenvalue weighted by molar-refractivity contribution is 0.260. The molecule has 23 heavy (non-hydrogen) atoms. The number of benzene rings is 1. The van der Waals surface area contributed by atoms with E-state index < -0.39 is 0 Å². The van der Waals surface area contributed by atoms with Gasteiger partial charge in [-0.2, -0.15) is 0 Å². The normalized spacial score (nSPS) is 18.1. The maximum absolute atomic E-state index is 5.69. The van der Waals surface area contributed by atoms with Gasteiger partial charge in [0.25, 0.3) is 0 Å². The molecule has 0 spiro atoms. The molecule has 1 aromatic rings. The number of ether oxygens (including phenoxy) is 2. The largest absolute Gasteiger partial charge is 0.490 e. The Morgan fingerprint density at radius 2 is 2.17 bits per heavy atom. The Bertz CT molecular complexity index is 490. The van der Waals surface area contributed by atoms with Gasteiger partial charge >= 0.3 is 0 Å². The van der Waals surface area contributed by atoms with Gasteiger partial charge in [0, 0.05) is 19.1 Å². The second-order valence-electron chi connectivity index (χ2n) is 5.87.